The number of hydrogen-bond donors (Lipinski definition) is 1. The number of carbonyl (C=O) groups is 1. The number of amides is 1. The molecule has 0 aliphatic carbocycles. The number of thiazole rings is 1. The summed E-state index contributed by atoms with van der Waals surface area (Å²) in [4.78, 5) is 23.2. The van der Waals surface area contributed by atoms with E-state index in [-0.39, 0.29) is 5.91 Å². The van der Waals surface area contributed by atoms with Crippen LogP contribution in [0.15, 0.2) is 60.8 Å². The van der Waals surface area contributed by atoms with Crippen molar-refractivity contribution in [3.8, 4) is 5.75 Å². The van der Waals surface area contributed by atoms with Crippen LogP contribution in [0, 0.1) is 0 Å². The van der Waals surface area contributed by atoms with Gasteiger partial charge in [0.2, 0.25) is 0 Å². The van der Waals surface area contributed by atoms with E-state index in [4.69, 9.17) is 9.57 Å². The highest BCUT2D eigenvalue weighted by molar-refractivity contribution is 7.11. The highest BCUT2D eigenvalue weighted by Gasteiger charge is 2.07. The van der Waals surface area contributed by atoms with E-state index < -0.39 is 0 Å². The molecule has 5 nitrogen and oxygen atoms in total. The number of nitrogens with one attached hydrogen (secondary N) is 1. The zero-order valence-corrected chi connectivity index (χ0v) is 17.6. The molecule has 0 atom stereocenters. The van der Waals surface area contributed by atoms with E-state index in [0.717, 1.165) is 29.2 Å². The molecule has 1 N–H and O–H groups in total. The summed E-state index contributed by atoms with van der Waals surface area (Å²) in [6, 6.07) is 17.0. The highest BCUT2D eigenvalue weighted by Crippen LogP contribution is 2.22. The Morgan fingerprint density at radius 2 is 1.86 bits per heavy atom. The van der Waals surface area contributed by atoms with Gasteiger partial charge in [-0.3, -0.25) is 9.63 Å². The van der Waals surface area contributed by atoms with E-state index in [2.05, 4.69) is 24.3 Å². The fourth-order valence-corrected chi connectivity index (χ4v) is 3.59. The molecule has 0 saturated heterocycles. The minimum atomic E-state index is -0.268. The number of benzene rings is 2. The summed E-state index contributed by atoms with van der Waals surface area (Å²) >= 11 is 1.74. The van der Waals surface area contributed by atoms with E-state index in [9.17, 15) is 4.79 Å². The molecular formula is C23H26N2O3S. The average molecular weight is 411 g/mol. The number of hydroxylamine groups is 1. The monoisotopic (exact) mass is 410 g/mol. The molecule has 0 saturated carbocycles. The van der Waals surface area contributed by atoms with E-state index in [1.165, 1.54) is 4.88 Å². The Balaban J connectivity index is 1.35. The third-order valence-corrected chi connectivity index (χ3v) is 5.66. The predicted molar refractivity (Wildman–Crippen MR) is 115 cm³/mol. The number of aromatic nitrogens is 1. The van der Waals surface area contributed by atoms with E-state index in [0.29, 0.717) is 24.7 Å². The predicted octanol–water partition coefficient (Wildman–Crippen LogP) is 5.14. The van der Waals surface area contributed by atoms with Gasteiger partial charge in [-0.25, -0.2) is 10.5 Å². The first kappa shape index (κ1) is 21.0. The van der Waals surface area contributed by atoms with E-state index in [1.807, 2.05) is 36.5 Å². The van der Waals surface area contributed by atoms with Crippen molar-refractivity contribution in [1.82, 2.24) is 10.5 Å². The Morgan fingerprint density at radius 1 is 1.10 bits per heavy atom. The summed E-state index contributed by atoms with van der Waals surface area (Å²) in [5.74, 6) is 0.957. The van der Waals surface area contributed by atoms with Crippen LogP contribution in [0.2, 0.25) is 0 Å². The van der Waals surface area contributed by atoms with Crippen molar-refractivity contribution in [2.45, 2.75) is 39.2 Å². The molecule has 3 rings (SSSR count). The molecule has 0 aliphatic rings. The van der Waals surface area contributed by atoms with E-state index in [1.54, 1.807) is 35.6 Å². The largest absolute Gasteiger partial charge is 0.489 e. The van der Waals surface area contributed by atoms with Gasteiger partial charge in [0.05, 0.1) is 11.6 Å². The Morgan fingerprint density at radius 3 is 2.55 bits per heavy atom. The lowest BCUT2D eigenvalue weighted by Gasteiger charge is -2.08. The standard InChI is InChI=1S/C23H26N2O3S/c1-17(2)21-15-24-22(29-21)9-6-14-28-25-23(26)19-10-12-20(13-11-19)27-16-18-7-4-3-5-8-18/h3-5,7-8,10-13,15,17H,6,9,14,16H2,1-2H3,(H,25,26). The van der Waals surface area contributed by atoms with Crippen LogP contribution in [0.25, 0.3) is 0 Å². The zero-order chi connectivity index (χ0) is 20.5. The Hall–Kier alpha value is -2.70. The van der Waals surface area contributed by atoms with Gasteiger partial charge in [0.25, 0.3) is 5.91 Å². The topological polar surface area (TPSA) is 60.5 Å². The van der Waals surface area contributed by atoms with Gasteiger partial charge >= 0.3 is 0 Å². The maximum Gasteiger partial charge on any atom is 0.274 e. The lowest BCUT2D eigenvalue weighted by Crippen LogP contribution is -2.24. The quantitative estimate of drug-likeness (QED) is 0.371. The fraction of sp³-hybridized carbons (Fsp3) is 0.304. The molecule has 1 aromatic heterocycles. The first-order valence-corrected chi connectivity index (χ1v) is 10.6. The summed E-state index contributed by atoms with van der Waals surface area (Å²) in [6.45, 7) is 5.27. The summed E-state index contributed by atoms with van der Waals surface area (Å²) in [6.07, 6.45) is 3.60. The molecule has 1 heterocycles. The minimum Gasteiger partial charge on any atom is -0.489 e. The Labute approximate surface area is 175 Å². The molecular weight excluding hydrogens is 384 g/mol. The number of hydrogen-bond acceptors (Lipinski definition) is 5. The van der Waals surface area contributed by atoms with Crippen molar-refractivity contribution in [3.05, 3.63) is 81.8 Å². The third kappa shape index (κ3) is 6.69. The van der Waals surface area contributed by atoms with Crippen LogP contribution in [0.5, 0.6) is 5.75 Å². The molecule has 3 aromatic rings. The van der Waals surface area contributed by atoms with Crippen molar-refractivity contribution < 1.29 is 14.4 Å². The zero-order valence-electron chi connectivity index (χ0n) is 16.8. The SMILES string of the molecule is CC(C)c1cnc(CCCONC(=O)c2ccc(OCc3ccccc3)cc2)s1. The molecule has 0 unspecified atom stereocenters. The maximum atomic E-state index is 12.2. The van der Waals surface area contributed by atoms with Gasteiger partial charge in [0.15, 0.2) is 0 Å². The number of carbonyl (C=O) groups excluding carboxylic acids is 1. The first-order chi connectivity index (χ1) is 14.1. The van der Waals surface area contributed by atoms with Crippen molar-refractivity contribution in [1.29, 1.82) is 0 Å². The molecule has 0 bridgehead atoms. The van der Waals surface area contributed by atoms with Crippen LogP contribution in [0.1, 0.15) is 52.0 Å². The normalized spacial score (nSPS) is 10.9. The van der Waals surface area contributed by atoms with Crippen LogP contribution in [0.4, 0.5) is 0 Å². The van der Waals surface area contributed by atoms with Crippen molar-refractivity contribution in [2.75, 3.05) is 6.61 Å². The third-order valence-electron chi connectivity index (χ3n) is 4.31. The fourth-order valence-electron chi connectivity index (χ4n) is 2.62. The molecule has 2 aromatic carbocycles. The molecule has 0 fully saturated rings. The Kier molecular flexibility index (Phi) is 7.78. The smallest absolute Gasteiger partial charge is 0.274 e. The Bertz CT molecular complexity index is 892. The second-order valence-electron chi connectivity index (χ2n) is 6.99. The van der Waals surface area contributed by atoms with Crippen LogP contribution in [-0.2, 0) is 17.9 Å². The van der Waals surface area contributed by atoms with Crippen molar-refractivity contribution in [2.24, 2.45) is 0 Å². The number of nitrogens with zero attached hydrogens (tertiary/aromatic N) is 1. The number of aryl methyl sites for hydroxylation is 1. The summed E-state index contributed by atoms with van der Waals surface area (Å²) in [5, 5.41) is 1.11. The van der Waals surface area contributed by atoms with Crippen LogP contribution in [0.3, 0.4) is 0 Å². The molecule has 1 amide bonds. The molecule has 29 heavy (non-hydrogen) atoms. The lowest BCUT2D eigenvalue weighted by atomic mass is 10.2. The summed E-state index contributed by atoms with van der Waals surface area (Å²) in [7, 11) is 0. The summed E-state index contributed by atoms with van der Waals surface area (Å²) in [5.41, 5.74) is 4.11. The van der Waals surface area contributed by atoms with E-state index >= 15 is 0 Å². The molecule has 152 valence electrons. The maximum absolute atomic E-state index is 12.2. The average Bonchev–Trinajstić information content (AvgIpc) is 3.22. The van der Waals surface area contributed by atoms with Gasteiger partial charge in [-0.15, -0.1) is 11.3 Å². The lowest BCUT2D eigenvalue weighted by molar-refractivity contribution is 0.0304. The highest BCUT2D eigenvalue weighted by atomic mass is 32.1. The minimum absolute atomic E-state index is 0.268. The molecule has 0 aliphatic heterocycles. The first-order valence-electron chi connectivity index (χ1n) is 9.75. The van der Waals surface area contributed by atoms with Crippen molar-refractivity contribution in [3.63, 3.8) is 0 Å². The van der Waals surface area contributed by atoms with Crippen LogP contribution < -0.4 is 10.2 Å². The van der Waals surface area contributed by atoms with Gasteiger partial charge < -0.3 is 4.74 Å². The van der Waals surface area contributed by atoms with Gasteiger partial charge in [0, 0.05) is 23.1 Å². The van der Waals surface area contributed by atoms with Crippen molar-refractivity contribution >= 4 is 17.2 Å². The molecule has 6 heteroatoms. The summed E-state index contributed by atoms with van der Waals surface area (Å²) < 4.78 is 5.73. The molecule has 0 radical (unpaired) electrons. The van der Waals surface area contributed by atoms with Gasteiger partial charge in [-0.05, 0) is 42.2 Å². The second-order valence-corrected chi connectivity index (χ2v) is 8.14. The van der Waals surface area contributed by atoms with Crippen LogP contribution >= 0.6 is 11.3 Å². The number of ether oxygens (including phenoxy) is 1. The van der Waals surface area contributed by atoms with Crippen LogP contribution in [-0.4, -0.2) is 17.5 Å². The van der Waals surface area contributed by atoms with Gasteiger partial charge in [-0.2, -0.15) is 0 Å². The van der Waals surface area contributed by atoms with Gasteiger partial charge in [-0.1, -0.05) is 44.2 Å². The second kappa shape index (κ2) is 10.7. The van der Waals surface area contributed by atoms with Gasteiger partial charge in [0.1, 0.15) is 12.4 Å². The molecule has 0 spiro atoms. The number of rotatable bonds is 10.